The van der Waals surface area contributed by atoms with Gasteiger partial charge in [0.15, 0.2) is 0 Å². The molecule has 0 aromatic heterocycles. The van der Waals surface area contributed by atoms with E-state index < -0.39 is 10.0 Å². The molecule has 0 N–H and O–H groups in total. The third kappa shape index (κ3) is 4.09. The molecule has 0 radical (unpaired) electrons. The predicted molar refractivity (Wildman–Crippen MR) is 106 cm³/mol. The van der Waals surface area contributed by atoms with Crippen molar-refractivity contribution in [3.8, 4) is 0 Å². The Morgan fingerprint density at radius 3 is 2.26 bits per heavy atom. The van der Waals surface area contributed by atoms with Gasteiger partial charge in [-0.3, -0.25) is 0 Å². The van der Waals surface area contributed by atoms with E-state index in [0.717, 1.165) is 51.6 Å². The van der Waals surface area contributed by atoms with Gasteiger partial charge in [-0.1, -0.05) is 6.07 Å². The number of methoxy groups -OCH3 is 1. The average Bonchev–Trinajstić information content (AvgIpc) is 2.73. The van der Waals surface area contributed by atoms with Crippen molar-refractivity contribution in [2.75, 3.05) is 33.3 Å². The smallest absolute Gasteiger partial charge is 0.243 e. The van der Waals surface area contributed by atoms with E-state index in [2.05, 4.69) is 4.90 Å². The maximum absolute atomic E-state index is 13.1. The third-order valence-corrected chi connectivity index (χ3v) is 8.60. The van der Waals surface area contributed by atoms with E-state index >= 15 is 0 Å². The molecule has 2 aliphatic heterocycles. The Balaban J connectivity index is 1.39. The summed E-state index contributed by atoms with van der Waals surface area (Å²) in [5.41, 5.74) is 2.57. The molecule has 27 heavy (non-hydrogen) atoms. The van der Waals surface area contributed by atoms with E-state index in [1.165, 1.54) is 24.0 Å². The van der Waals surface area contributed by atoms with Gasteiger partial charge < -0.3 is 9.64 Å². The Hall–Kier alpha value is -0.950. The number of benzene rings is 1. The minimum Gasteiger partial charge on any atom is -0.381 e. The maximum atomic E-state index is 13.1. The molecule has 0 amide bonds. The molecule has 2 heterocycles. The van der Waals surface area contributed by atoms with Gasteiger partial charge in [-0.2, -0.15) is 4.31 Å². The Morgan fingerprint density at radius 1 is 0.926 bits per heavy atom. The summed E-state index contributed by atoms with van der Waals surface area (Å²) in [5, 5.41) is 0. The molecule has 5 nitrogen and oxygen atoms in total. The van der Waals surface area contributed by atoms with E-state index in [9.17, 15) is 8.42 Å². The van der Waals surface area contributed by atoms with Gasteiger partial charge in [0, 0.05) is 39.3 Å². The van der Waals surface area contributed by atoms with Gasteiger partial charge in [0.25, 0.3) is 0 Å². The summed E-state index contributed by atoms with van der Waals surface area (Å²) in [7, 11) is -1.57. The second kappa shape index (κ2) is 8.19. The Bertz CT molecular complexity index is 749. The first-order valence-corrected chi connectivity index (χ1v) is 11.9. The number of nitrogens with zero attached hydrogens (tertiary/aromatic N) is 2. The highest BCUT2D eigenvalue weighted by Crippen LogP contribution is 2.28. The number of piperidine rings is 2. The summed E-state index contributed by atoms with van der Waals surface area (Å²) in [6.45, 7) is 3.41. The molecule has 2 fully saturated rings. The standard InChI is InChI=1S/C21H32N2O3S/c1-26-20-10-12-22(13-11-20)19-8-14-23(15-9-19)27(24,25)21-7-6-17-4-2-3-5-18(17)16-21/h6-7,16,19-20H,2-5,8-15H2,1H3. The van der Waals surface area contributed by atoms with E-state index in [0.29, 0.717) is 30.1 Å². The van der Waals surface area contributed by atoms with Gasteiger partial charge in [0.2, 0.25) is 10.0 Å². The van der Waals surface area contributed by atoms with Gasteiger partial charge in [0.1, 0.15) is 0 Å². The molecule has 6 heteroatoms. The second-order valence-corrected chi connectivity index (χ2v) is 10.2. The lowest BCUT2D eigenvalue weighted by Crippen LogP contribution is -2.49. The van der Waals surface area contributed by atoms with E-state index in [1.54, 1.807) is 11.4 Å². The van der Waals surface area contributed by atoms with Crippen LogP contribution >= 0.6 is 0 Å². The van der Waals surface area contributed by atoms with Crippen LogP contribution in [0.4, 0.5) is 0 Å². The lowest BCUT2D eigenvalue weighted by Gasteiger charge is -2.41. The summed E-state index contributed by atoms with van der Waals surface area (Å²) in [5.74, 6) is 0. The van der Waals surface area contributed by atoms with Crippen molar-refractivity contribution in [3.63, 3.8) is 0 Å². The number of hydrogen-bond donors (Lipinski definition) is 0. The first kappa shape index (κ1) is 19.4. The fourth-order valence-electron chi connectivity index (χ4n) is 4.94. The van der Waals surface area contributed by atoms with Crippen molar-refractivity contribution in [2.45, 2.75) is 68.4 Å². The zero-order valence-corrected chi connectivity index (χ0v) is 17.2. The van der Waals surface area contributed by atoms with Crippen molar-refractivity contribution in [2.24, 2.45) is 0 Å². The SMILES string of the molecule is COC1CCN(C2CCN(S(=O)(=O)c3ccc4c(c3)CCCC4)CC2)CC1. The molecule has 3 aliphatic rings. The van der Waals surface area contributed by atoms with Crippen LogP contribution in [0, 0.1) is 0 Å². The zero-order chi connectivity index (χ0) is 18.9. The molecular formula is C21H32N2O3S. The fourth-order valence-corrected chi connectivity index (χ4v) is 6.46. The molecule has 0 saturated carbocycles. The monoisotopic (exact) mass is 392 g/mol. The molecule has 0 spiro atoms. The lowest BCUT2D eigenvalue weighted by atomic mass is 9.92. The second-order valence-electron chi connectivity index (χ2n) is 8.24. The minimum atomic E-state index is -3.37. The first-order chi connectivity index (χ1) is 13.1. The Morgan fingerprint density at radius 2 is 1.59 bits per heavy atom. The molecular weight excluding hydrogens is 360 g/mol. The quantitative estimate of drug-likeness (QED) is 0.791. The summed E-state index contributed by atoms with van der Waals surface area (Å²) in [4.78, 5) is 3.03. The summed E-state index contributed by atoms with van der Waals surface area (Å²) >= 11 is 0. The normalized spacial score (nSPS) is 24.0. The van der Waals surface area contributed by atoms with Crippen LogP contribution in [0.15, 0.2) is 23.1 Å². The number of aryl methyl sites for hydroxylation is 2. The van der Waals surface area contributed by atoms with Gasteiger partial charge in [-0.05, 0) is 74.6 Å². The van der Waals surface area contributed by atoms with Crippen LogP contribution in [-0.2, 0) is 27.6 Å². The predicted octanol–water partition coefficient (Wildman–Crippen LogP) is 2.83. The molecule has 0 bridgehead atoms. The van der Waals surface area contributed by atoms with Crippen molar-refractivity contribution >= 4 is 10.0 Å². The van der Waals surface area contributed by atoms with Crippen LogP contribution in [0.2, 0.25) is 0 Å². The van der Waals surface area contributed by atoms with E-state index in [1.807, 2.05) is 18.2 Å². The molecule has 1 aliphatic carbocycles. The van der Waals surface area contributed by atoms with Crippen LogP contribution in [0.5, 0.6) is 0 Å². The fraction of sp³-hybridized carbons (Fsp3) is 0.714. The summed E-state index contributed by atoms with van der Waals surface area (Å²) in [6, 6.07) is 6.30. The van der Waals surface area contributed by atoms with Crippen molar-refractivity contribution in [1.29, 1.82) is 0 Å². The Labute approximate surface area is 163 Å². The maximum Gasteiger partial charge on any atom is 0.243 e. The zero-order valence-electron chi connectivity index (χ0n) is 16.4. The number of likely N-dealkylation sites (tertiary alicyclic amines) is 1. The molecule has 150 valence electrons. The summed E-state index contributed by atoms with van der Waals surface area (Å²) < 4.78 is 33.4. The first-order valence-electron chi connectivity index (χ1n) is 10.5. The van der Waals surface area contributed by atoms with Crippen molar-refractivity contribution in [1.82, 2.24) is 9.21 Å². The molecule has 0 unspecified atom stereocenters. The van der Waals surface area contributed by atoms with Gasteiger partial charge >= 0.3 is 0 Å². The molecule has 2 saturated heterocycles. The molecule has 1 aromatic carbocycles. The molecule has 4 rings (SSSR count). The number of rotatable bonds is 4. The Kier molecular flexibility index (Phi) is 5.88. The van der Waals surface area contributed by atoms with Crippen LogP contribution in [0.1, 0.15) is 49.7 Å². The van der Waals surface area contributed by atoms with Crippen LogP contribution in [0.3, 0.4) is 0 Å². The highest BCUT2D eigenvalue weighted by atomic mass is 32.2. The van der Waals surface area contributed by atoms with Gasteiger partial charge in [0.05, 0.1) is 11.0 Å². The third-order valence-electron chi connectivity index (χ3n) is 6.71. The number of sulfonamides is 1. The van der Waals surface area contributed by atoms with E-state index in [-0.39, 0.29) is 0 Å². The summed E-state index contributed by atoms with van der Waals surface area (Å²) in [6.07, 6.45) is 8.91. The highest BCUT2D eigenvalue weighted by Gasteiger charge is 2.33. The van der Waals surface area contributed by atoms with Crippen LogP contribution in [0.25, 0.3) is 0 Å². The van der Waals surface area contributed by atoms with E-state index in [4.69, 9.17) is 4.74 Å². The average molecular weight is 393 g/mol. The number of hydrogen-bond acceptors (Lipinski definition) is 4. The van der Waals surface area contributed by atoms with Crippen LogP contribution in [-0.4, -0.2) is 63.1 Å². The van der Waals surface area contributed by atoms with Crippen molar-refractivity contribution < 1.29 is 13.2 Å². The van der Waals surface area contributed by atoms with Gasteiger partial charge in [-0.15, -0.1) is 0 Å². The lowest BCUT2D eigenvalue weighted by molar-refractivity contribution is 0.0190. The van der Waals surface area contributed by atoms with Crippen molar-refractivity contribution in [3.05, 3.63) is 29.3 Å². The molecule has 1 aromatic rings. The number of fused-ring (bicyclic) bond motifs is 1. The molecule has 0 atom stereocenters. The largest absolute Gasteiger partial charge is 0.381 e. The van der Waals surface area contributed by atoms with Gasteiger partial charge in [-0.25, -0.2) is 8.42 Å². The highest BCUT2D eigenvalue weighted by molar-refractivity contribution is 7.89. The number of ether oxygens (including phenoxy) is 1. The van der Waals surface area contributed by atoms with Crippen LogP contribution < -0.4 is 0 Å². The topological polar surface area (TPSA) is 49.9 Å². The minimum absolute atomic E-state index is 0.394.